The molecule has 5 heterocycles. The average Bonchev–Trinajstić information content (AvgIpc) is 3.82. The summed E-state index contributed by atoms with van der Waals surface area (Å²) in [6.07, 6.45) is 2.38. The van der Waals surface area contributed by atoms with Crippen molar-refractivity contribution in [3.05, 3.63) is 125 Å². The Hall–Kier alpha value is -5.26. The van der Waals surface area contributed by atoms with Gasteiger partial charge in [-0.05, 0) is 107 Å². The molecule has 0 saturated carbocycles. The molecule has 6 aromatic carbocycles. The van der Waals surface area contributed by atoms with Gasteiger partial charge in [0.2, 0.25) is 0 Å². The van der Waals surface area contributed by atoms with E-state index >= 15 is 0 Å². The average molecular weight is 703 g/mol. The Bertz CT molecular complexity index is 3120. The normalized spacial score (nSPS) is 16.6. The Kier molecular flexibility index (Phi) is 5.61. The highest BCUT2D eigenvalue weighted by Crippen LogP contribution is 2.52. The Labute approximate surface area is 313 Å². The van der Waals surface area contributed by atoms with Crippen LogP contribution in [0.15, 0.2) is 108 Å². The minimum Gasteiger partial charge on any atom is -0.456 e. The van der Waals surface area contributed by atoms with Crippen molar-refractivity contribution in [3.63, 3.8) is 0 Å². The first-order valence-electron chi connectivity index (χ1n) is 19.1. The zero-order valence-corrected chi connectivity index (χ0v) is 31.8. The summed E-state index contributed by atoms with van der Waals surface area (Å²) in [4.78, 5) is 2.61. The number of fused-ring (bicyclic) bond motifs is 14. The number of furan rings is 1. The first-order valence-corrected chi connectivity index (χ1v) is 19.9. The van der Waals surface area contributed by atoms with Crippen molar-refractivity contribution in [3.8, 4) is 11.1 Å². The fourth-order valence-corrected chi connectivity index (χ4v) is 11.7. The van der Waals surface area contributed by atoms with E-state index in [1.807, 2.05) is 11.3 Å². The molecule has 0 amide bonds. The van der Waals surface area contributed by atoms with Crippen LogP contribution in [0.5, 0.6) is 0 Å². The number of aryl methyl sites for hydroxylation is 2. The number of rotatable bonds is 1. The number of benzene rings is 6. The number of hydrogen-bond donors (Lipinski definition) is 0. The molecular formula is C48H39BN2OS. The molecule has 3 aliphatic rings. The lowest BCUT2D eigenvalue weighted by Gasteiger charge is -2.44. The van der Waals surface area contributed by atoms with Crippen molar-refractivity contribution in [2.75, 3.05) is 4.90 Å². The van der Waals surface area contributed by atoms with Gasteiger partial charge in [-0.3, -0.25) is 0 Å². The van der Waals surface area contributed by atoms with Crippen LogP contribution < -0.4 is 15.8 Å². The fourth-order valence-electron chi connectivity index (χ4n) is 10.5. The van der Waals surface area contributed by atoms with Crippen molar-refractivity contribution in [2.45, 2.75) is 65.2 Å². The topological polar surface area (TPSA) is 21.3 Å². The molecule has 5 heteroatoms. The van der Waals surface area contributed by atoms with Gasteiger partial charge in [-0.1, -0.05) is 94.4 Å². The van der Waals surface area contributed by atoms with Crippen molar-refractivity contribution >= 4 is 99.3 Å². The van der Waals surface area contributed by atoms with Crippen LogP contribution >= 0.6 is 11.3 Å². The van der Waals surface area contributed by atoms with E-state index in [1.54, 1.807) is 0 Å². The first-order chi connectivity index (χ1) is 25.6. The summed E-state index contributed by atoms with van der Waals surface area (Å²) >= 11 is 1.93. The van der Waals surface area contributed by atoms with E-state index in [-0.39, 0.29) is 17.7 Å². The van der Waals surface area contributed by atoms with E-state index in [0.29, 0.717) is 0 Å². The third kappa shape index (κ3) is 3.71. The van der Waals surface area contributed by atoms with Gasteiger partial charge in [0.05, 0.1) is 10.2 Å². The molecule has 3 aromatic heterocycles. The molecule has 0 radical (unpaired) electrons. The van der Waals surface area contributed by atoms with E-state index in [1.165, 1.54) is 116 Å². The molecule has 0 N–H and O–H groups in total. The second-order valence-corrected chi connectivity index (χ2v) is 18.3. The van der Waals surface area contributed by atoms with Crippen LogP contribution in [0.4, 0.5) is 17.1 Å². The van der Waals surface area contributed by atoms with E-state index in [0.717, 1.165) is 11.2 Å². The van der Waals surface area contributed by atoms with Gasteiger partial charge >= 0.3 is 6.85 Å². The Morgan fingerprint density at radius 2 is 1.36 bits per heavy atom. The molecule has 0 bridgehead atoms. The molecule has 256 valence electrons. The quantitative estimate of drug-likeness (QED) is 0.159. The molecule has 0 spiro atoms. The fraction of sp³-hybridized carbons (Fsp3) is 0.208. The third-order valence-electron chi connectivity index (χ3n) is 13.2. The number of thiophene rings is 1. The summed E-state index contributed by atoms with van der Waals surface area (Å²) in [5.41, 5.74) is 19.4. The third-order valence-corrected chi connectivity index (χ3v) is 14.4. The zero-order chi connectivity index (χ0) is 35.7. The van der Waals surface area contributed by atoms with Gasteiger partial charge in [0.25, 0.3) is 0 Å². The molecule has 0 atom stereocenters. The van der Waals surface area contributed by atoms with Crippen LogP contribution in [0.1, 0.15) is 62.8 Å². The Morgan fingerprint density at radius 3 is 2.19 bits per heavy atom. The lowest BCUT2D eigenvalue weighted by atomic mass is 9.44. The standard InChI is InChI=1S/C48H39BN2OS/c1-26-22-33-29-14-11-15-32-43(29)51(44-31-13-8-10-17-40(31)53-46(32)44)49-41(33)38(23-26)50(36-19-18-30-28-12-7-9-16-39(28)52-45(30)42(36)49)37-25-35-34(24-27(37)2)47(3,4)20-21-48(35,5)6/h7-19,22-25H,20-21H2,1-6H3. The Balaban J connectivity index is 1.28. The monoisotopic (exact) mass is 702 g/mol. The minimum atomic E-state index is -0.0719. The van der Waals surface area contributed by atoms with Crippen molar-refractivity contribution in [1.29, 1.82) is 0 Å². The largest absolute Gasteiger partial charge is 0.456 e. The molecule has 2 aliphatic heterocycles. The summed E-state index contributed by atoms with van der Waals surface area (Å²) in [7, 11) is 0. The predicted octanol–water partition coefficient (Wildman–Crippen LogP) is 12.3. The van der Waals surface area contributed by atoms with Crippen LogP contribution in [0, 0.1) is 13.8 Å². The van der Waals surface area contributed by atoms with Crippen molar-refractivity contribution < 1.29 is 4.42 Å². The van der Waals surface area contributed by atoms with Crippen molar-refractivity contribution in [1.82, 2.24) is 4.48 Å². The van der Waals surface area contributed by atoms with E-state index in [4.69, 9.17) is 4.42 Å². The highest BCUT2D eigenvalue weighted by Gasteiger charge is 2.46. The summed E-state index contributed by atoms with van der Waals surface area (Å²) < 4.78 is 12.5. The van der Waals surface area contributed by atoms with Gasteiger partial charge in [-0.2, -0.15) is 0 Å². The van der Waals surface area contributed by atoms with Crippen LogP contribution in [0.25, 0.3) is 64.3 Å². The number of hydrogen-bond acceptors (Lipinski definition) is 3. The predicted molar refractivity (Wildman–Crippen MR) is 227 cm³/mol. The van der Waals surface area contributed by atoms with Crippen molar-refractivity contribution in [2.24, 2.45) is 0 Å². The molecule has 53 heavy (non-hydrogen) atoms. The van der Waals surface area contributed by atoms with Crippen LogP contribution in [0.3, 0.4) is 0 Å². The van der Waals surface area contributed by atoms with Crippen LogP contribution in [-0.2, 0) is 10.8 Å². The van der Waals surface area contributed by atoms with Gasteiger partial charge in [0.1, 0.15) is 11.2 Å². The molecule has 3 nitrogen and oxygen atoms in total. The number of aromatic nitrogens is 1. The van der Waals surface area contributed by atoms with Crippen LogP contribution in [0.2, 0.25) is 0 Å². The lowest BCUT2D eigenvalue weighted by molar-refractivity contribution is 0.332. The summed E-state index contributed by atoms with van der Waals surface area (Å²) in [6.45, 7) is 14.3. The van der Waals surface area contributed by atoms with Crippen LogP contribution in [-0.4, -0.2) is 11.3 Å². The lowest BCUT2D eigenvalue weighted by Crippen LogP contribution is -2.57. The SMILES string of the molecule is Cc1cc2c3c(c1)N(c1cc4c(cc1C)C(C)(C)CCC4(C)C)c1ccc4c(oc5ccccc54)c1B3n1c3c-2cccc3c2sc3ccccc3c21. The summed E-state index contributed by atoms with van der Waals surface area (Å²) in [5.74, 6) is 0. The minimum absolute atomic E-state index is 0.0719. The summed E-state index contributed by atoms with van der Waals surface area (Å²) in [5, 5.41) is 5.00. The highest BCUT2D eigenvalue weighted by atomic mass is 32.1. The second kappa shape index (κ2) is 9.83. The van der Waals surface area contributed by atoms with E-state index in [2.05, 4.69) is 154 Å². The second-order valence-electron chi connectivity index (χ2n) is 17.3. The van der Waals surface area contributed by atoms with E-state index < -0.39 is 0 Å². The molecule has 1 aliphatic carbocycles. The molecular weight excluding hydrogens is 663 g/mol. The van der Waals surface area contributed by atoms with E-state index in [9.17, 15) is 0 Å². The van der Waals surface area contributed by atoms with Gasteiger partial charge in [0, 0.05) is 59.8 Å². The number of para-hydroxylation sites is 2. The van der Waals surface area contributed by atoms with Gasteiger partial charge in [-0.15, -0.1) is 11.3 Å². The maximum atomic E-state index is 7.06. The molecule has 0 fully saturated rings. The Morgan fingerprint density at radius 1 is 0.623 bits per heavy atom. The zero-order valence-electron chi connectivity index (χ0n) is 31.0. The number of anilines is 3. The highest BCUT2D eigenvalue weighted by molar-refractivity contribution is 7.27. The molecule has 12 rings (SSSR count). The maximum absolute atomic E-state index is 7.06. The van der Waals surface area contributed by atoms with Gasteiger partial charge < -0.3 is 13.8 Å². The summed E-state index contributed by atoms with van der Waals surface area (Å²) in [6, 6.07) is 39.2. The first kappa shape index (κ1) is 30.2. The molecule has 0 saturated heterocycles. The molecule has 0 unspecified atom stereocenters. The van der Waals surface area contributed by atoms with Gasteiger partial charge in [-0.25, -0.2) is 0 Å². The number of nitrogens with zero attached hydrogens (tertiary/aromatic N) is 2. The molecule has 9 aromatic rings. The smallest absolute Gasteiger partial charge is 0.337 e. The maximum Gasteiger partial charge on any atom is 0.337 e. The van der Waals surface area contributed by atoms with Gasteiger partial charge in [0.15, 0.2) is 0 Å².